The Morgan fingerprint density at radius 3 is 2.95 bits per heavy atom. The van der Waals surface area contributed by atoms with Crippen molar-refractivity contribution in [2.75, 3.05) is 13.1 Å². The molecule has 2 heterocycles. The van der Waals surface area contributed by atoms with Crippen LogP contribution in [0.15, 0.2) is 10.5 Å². The number of rotatable bonds is 3. The minimum absolute atomic E-state index is 0.0265. The molecule has 1 N–H and O–H groups in total. The van der Waals surface area contributed by atoms with E-state index in [1.54, 1.807) is 4.90 Å². The molecule has 0 aromatic carbocycles. The van der Waals surface area contributed by atoms with E-state index >= 15 is 0 Å². The lowest BCUT2D eigenvalue weighted by Crippen LogP contribution is -2.42. The van der Waals surface area contributed by atoms with Gasteiger partial charge in [-0.3, -0.25) is 9.59 Å². The summed E-state index contributed by atoms with van der Waals surface area (Å²) < 4.78 is 5.79. The van der Waals surface area contributed by atoms with E-state index < -0.39 is 0 Å². The van der Waals surface area contributed by atoms with Crippen molar-refractivity contribution in [2.24, 2.45) is 5.41 Å². The van der Waals surface area contributed by atoms with Gasteiger partial charge >= 0.3 is 0 Å². The van der Waals surface area contributed by atoms with Crippen molar-refractivity contribution < 1.29 is 14.0 Å². The predicted octanol–water partition coefficient (Wildman–Crippen LogP) is 2.34. The van der Waals surface area contributed by atoms with Crippen molar-refractivity contribution in [3.8, 4) is 0 Å². The summed E-state index contributed by atoms with van der Waals surface area (Å²) >= 11 is 0. The molecule has 0 radical (unpaired) electrons. The van der Waals surface area contributed by atoms with Crippen molar-refractivity contribution in [1.82, 2.24) is 10.2 Å². The molecule has 0 spiro atoms. The number of carbonyl (C=O) groups is 2. The molecule has 120 valence electrons. The van der Waals surface area contributed by atoms with Gasteiger partial charge in [0.2, 0.25) is 11.8 Å². The molecule has 1 aromatic rings. The maximum atomic E-state index is 12.3. The van der Waals surface area contributed by atoms with Crippen LogP contribution in [0, 0.1) is 12.3 Å². The van der Waals surface area contributed by atoms with E-state index in [-0.39, 0.29) is 29.8 Å². The van der Waals surface area contributed by atoms with Crippen molar-refractivity contribution in [3.05, 3.63) is 23.2 Å². The summed E-state index contributed by atoms with van der Waals surface area (Å²) in [5.41, 5.74) is 1.19. The van der Waals surface area contributed by atoms with Crippen molar-refractivity contribution >= 4 is 11.8 Å². The van der Waals surface area contributed by atoms with Gasteiger partial charge in [0.15, 0.2) is 0 Å². The standard InChI is InChI=1S/C17H24N2O3/c1-11-7-12-13(8-17(2,3)9-14(12)22-11)18-15(20)10-19-6-4-5-16(19)21/h7,13H,4-6,8-10H2,1-3H3,(H,18,20)/t13-/m1/s1. The molecule has 1 aliphatic heterocycles. The van der Waals surface area contributed by atoms with E-state index in [9.17, 15) is 9.59 Å². The third kappa shape index (κ3) is 3.03. The zero-order valence-electron chi connectivity index (χ0n) is 13.6. The molecule has 3 rings (SSSR count). The zero-order chi connectivity index (χ0) is 15.9. The summed E-state index contributed by atoms with van der Waals surface area (Å²) in [7, 11) is 0. The average Bonchev–Trinajstić information content (AvgIpc) is 2.94. The van der Waals surface area contributed by atoms with Gasteiger partial charge in [0.1, 0.15) is 11.5 Å². The Morgan fingerprint density at radius 2 is 2.27 bits per heavy atom. The number of nitrogens with one attached hydrogen (secondary N) is 1. The van der Waals surface area contributed by atoms with E-state index in [0.717, 1.165) is 36.3 Å². The van der Waals surface area contributed by atoms with E-state index in [0.29, 0.717) is 13.0 Å². The highest BCUT2D eigenvalue weighted by Gasteiger charge is 2.36. The first-order valence-electron chi connectivity index (χ1n) is 8.00. The molecule has 5 heteroatoms. The fourth-order valence-corrected chi connectivity index (χ4v) is 3.60. The molecule has 1 fully saturated rings. The number of carbonyl (C=O) groups excluding carboxylic acids is 2. The number of hydrogen-bond donors (Lipinski definition) is 1. The summed E-state index contributed by atoms with van der Waals surface area (Å²) in [4.78, 5) is 25.6. The number of aryl methyl sites for hydroxylation is 1. The highest BCUT2D eigenvalue weighted by Crippen LogP contribution is 2.41. The Morgan fingerprint density at radius 1 is 1.50 bits per heavy atom. The summed E-state index contributed by atoms with van der Waals surface area (Å²) in [6.45, 7) is 7.18. The Hall–Kier alpha value is -1.78. The second kappa shape index (κ2) is 5.45. The van der Waals surface area contributed by atoms with Gasteiger partial charge in [-0.15, -0.1) is 0 Å². The van der Waals surface area contributed by atoms with E-state index in [1.807, 2.05) is 13.0 Å². The number of hydrogen-bond acceptors (Lipinski definition) is 3. The first kappa shape index (κ1) is 15.1. The molecule has 1 aromatic heterocycles. The summed E-state index contributed by atoms with van der Waals surface area (Å²) in [5, 5.41) is 3.10. The molecule has 1 atom stereocenters. The normalized spacial score (nSPS) is 23.5. The lowest BCUT2D eigenvalue weighted by molar-refractivity contribution is -0.133. The highest BCUT2D eigenvalue weighted by atomic mass is 16.3. The van der Waals surface area contributed by atoms with Crippen LogP contribution in [-0.4, -0.2) is 29.8 Å². The Kier molecular flexibility index (Phi) is 3.75. The van der Waals surface area contributed by atoms with Crippen LogP contribution in [0.1, 0.15) is 56.2 Å². The number of likely N-dealkylation sites (tertiary alicyclic amines) is 1. The van der Waals surface area contributed by atoms with Crippen molar-refractivity contribution in [3.63, 3.8) is 0 Å². The molecule has 2 aliphatic rings. The fourth-order valence-electron chi connectivity index (χ4n) is 3.60. The van der Waals surface area contributed by atoms with E-state index in [2.05, 4.69) is 19.2 Å². The van der Waals surface area contributed by atoms with Crippen LogP contribution in [0.2, 0.25) is 0 Å². The summed E-state index contributed by atoms with van der Waals surface area (Å²) in [6.07, 6.45) is 3.20. The maximum absolute atomic E-state index is 12.3. The van der Waals surface area contributed by atoms with Crippen molar-refractivity contribution in [2.45, 2.75) is 52.5 Å². The second-order valence-corrected chi connectivity index (χ2v) is 7.32. The van der Waals surface area contributed by atoms with Gasteiger partial charge in [-0.1, -0.05) is 13.8 Å². The van der Waals surface area contributed by atoms with Gasteiger partial charge in [-0.2, -0.15) is 0 Å². The summed E-state index contributed by atoms with van der Waals surface area (Å²) in [5.74, 6) is 1.87. The lowest BCUT2D eigenvalue weighted by Gasteiger charge is -2.35. The maximum Gasteiger partial charge on any atom is 0.240 e. The van der Waals surface area contributed by atoms with Crippen LogP contribution in [0.4, 0.5) is 0 Å². The van der Waals surface area contributed by atoms with Crippen LogP contribution in [0.5, 0.6) is 0 Å². The first-order valence-corrected chi connectivity index (χ1v) is 8.00. The number of furan rings is 1. The van der Waals surface area contributed by atoms with Gasteiger partial charge in [0, 0.05) is 24.9 Å². The third-order valence-corrected chi connectivity index (χ3v) is 4.58. The molecule has 1 saturated heterocycles. The van der Waals surface area contributed by atoms with Gasteiger partial charge in [0.05, 0.1) is 12.6 Å². The topological polar surface area (TPSA) is 62.6 Å². The Bertz CT molecular complexity index is 603. The molecule has 22 heavy (non-hydrogen) atoms. The van der Waals surface area contributed by atoms with Gasteiger partial charge < -0.3 is 14.6 Å². The van der Waals surface area contributed by atoms with E-state index in [1.165, 1.54) is 0 Å². The minimum Gasteiger partial charge on any atom is -0.466 e. The molecule has 2 amide bonds. The highest BCUT2D eigenvalue weighted by molar-refractivity contribution is 5.86. The van der Waals surface area contributed by atoms with Gasteiger partial charge in [0.25, 0.3) is 0 Å². The fraction of sp³-hybridized carbons (Fsp3) is 0.647. The molecule has 0 unspecified atom stereocenters. The van der Waals surface area contributed by atoms with E-state index in [4.69, 9.17) is 4.42 Å². The number of fused-ring (bicyclic) bond motifs is 1. The molecular formula is C17H24N2O3. The molecule has 0 saturated carbocycles. The SMILES string of the molecule is Cc1cc2c(o1)CC(C)(C)C[C@H]2NC(=O)CN1CCCC1=O. The Balaban J connectivity index is 1.71. The van der Waals surface area contributed by atoms with Crippen LogP contribution in [-0.2, 0) is 16.0 Å². The third-order valence-electron chi connectivity index (χ3n) is 4.58. The summed E-state index contributed by atoms with van der Waals surface area (Å²) in [6, 6.07) is 2.00. The monoisotopic (exact) mass is 304 g/mol. The van der Waals surface area contributed by atoms with Crippen LogP contribution in [0.3, 0.4) is 0 Å². The second-order valence-electron chi connectivity index (χ2n) is 7.32. The molecule has 0 bridgehead atoms. The molecule has 1 aliphatic carbocycles. The quantitative estimate of drug-likeness (QED) is 0.932. The van der Waals surface area contributed by atoms with Gasteiger partial charge in [-0.25, -0.2) is 0 Å². The van der Waals surface area contributed by atoms with Crippen molar-refractivity contribution in [1.29, 1.82) is 0 Å². The number of nitrogens with zero attached hydrogens (tertiary/aromatic N) is 1. The average molecular weight is 304 g/mol. The molecule has 5 nitrogen and oxygen atoms in total. The van der Waals surface area contributed by atoms with Crippen LogP contribution < -0.4 is 5.32 Å². The largest absolute Gasteiger partial charge is 0.466 e. The van der Waals surface area contributed by atoms with Crippen LogP contribution >= 0.6 is 0 Å². The zero-order valence-corrected chi connectivity index (χ0v) is 13.6. The van der Waals surface area contributed by atoms with Gasteiger partial charge in [-0.05, 0) is 31.2 Å². The molecular weight excluding hydrogens is 280 g/mol. The minimum atomic E-state index is -0.0808. The smallest absolute Gasteiger partial charge is 0.240 e. The lowest BCUT2D eigenvalue weighted by atomic mass is 9.74. The predicted molar refractivity (Wildman–Crippen MR) is 82.2 cm³/mol. The number of amides is 2. The van der Waals surface area contributed by atoms with Crippen LogP contribution in [0.25, 0.3) is 0 Å². The Labute approximate surface area is 131 Å². The first-order chi connectivity index (χ1) is 10.3.